The first kappa shape index (κ1) is 39.3. The van der Waals surface area contributed by atoms with E-state index in [9.17, 15) is 10.2 Å². The first-order valence-corrected chi connectivity index (χ1v) is 14.5. The van der Waals surface area contributed by atoms with Gasteiger partial charge in [-0.3, -0.25) is 9.98 Å². The molecule has 0 radical (unpaired) electrons. The fraction of sp³-hybridized carbons (Fsp3) is 0.444. The van der Waals surface area contributed by atoms with Crippen LogP contribution in [0.2, 0.25) is 0 Å². The second-order valence-electron chi connectivity index (χ2n) is 11.7. The van der Waals surface area contributed by atoms with Crippen LogP contribution in [0.15, 0.2) is 69.0 Å². The van der Waals surface area contributed by atoms with E-state index < -0.39 is 0 Å². The van der Waals surface area contributed by atoms with E-state index in [1.54, 1.807) is 13.8 Å². The van der Waals surface area contributed by atoms with E-state index in [0.29, 0.717) is 35.1 Å². The van der Waals surface area contributed by atoms with Crippen LogP contribution in [0.25, 0.3) is 0 Å². The number of para-hydroxylation sites is 2. The summed E-state index contributed by atoms with van der Waals surface area (Å²) in [4.78, 5) is 9.26. The summed E-state index contributed by atoms with van der Waals surface area (Å²) >= 11 is 0. The van der Waals surface area contributed by atoms with E-state index in [1.165, 1.54) is 13.8 Å². The van der Waals surface area contributed by atoms with Gasteiger partial charge in [0.1, 0.15) is 12.1 Å². The minimum Gasteiger partial charge on any atom is -0.875 e. The molecule has 0 amide bonds. The Morgan fingerprint density at radius 3 is 0.953 bits per heavy atom. The van der Waals surface area contributed by atoms with Gasteiger partial charge in [-0.15, -0.1) is 11.5 Å². The summed E-state index contributed by atoms with van der Waals surface area (Å²) in [6.45, 7) is 23.2. The molecule has 0 saturated carbocycles. The summed E-state index contributed by atoms with van der Waals surface area (Å²) in [7, 11) is 0. The number of nitriles is 2. The van der Waals surface area contributed by atoms with E-state index in [-0.39, 0.29) is 39.2 Å². The summed E-state index contributed by atoms with van der Waals surface area (Å²) in [5.41, 5.74) is 7.58. The van der Waals surface area contributed by atoms with Crippen LogP contribution >= 0.6 is 0 Å². The van der Waals surface area contributed by atoms with Crippen molar-refractivity contribution in [3.63, 3.8) is 0 Å². The van der Waals surface area contributed by atoms with Gasteiger partial charge in [0.15, 0.2) is 0 Å². The van der Waals surface area contributed by atoms with Gasteiger partial charge < -0.3 is 10.2 Å². The maximum atomic E-state index is 11.5. The summed E-state index contributed by atoms with van der Waals surface area (Å²) in [6, 6.07) is 16.2. The second kappa shape index (κ2) is 18.1. The molecule has 43 heavy (non-hydrogen) atoms. The molecule has 0 aliphatic heterocycles. The van der Waals surface area contributed by atoms with Crippen LogP contribution in [-0.4, -0.2) is 11.4 Å². The average Bonchev–Trinajstić information content (AvgIpc) is 2.89. The van der Waals surface area contributed by atoms with Crippen molar-refractivity contribution in [3.05, 3.63) is 81.3 Å². The van der Waals surface area contributed by atoms with Gasteiger partial charge in [0.05, 0.1) is 33.9 Å². The summed E-state index contributed by atoms with van der Waals surface area (Å²) in [5.74, 6) is 0.839. The minimum atomic E-state index is -0.244. The third-order valence-corrected chi connectivity index (χ3v) is 6.90. The van der Waals surface area contributed by atoms with Crippen LogP contribution < -0.4 is 10.2 Å². The molecular weight excluding hydrogens is 579 g/mol. The number of rotatable bonds is 8. The number of aliphatic imine (C=N–C) groups is 2. The smallest absolute Gasteiger partial charge is 0.875 e. The van der Waals surface area contributed by atoms with E-state index in [4.69, 9.17) is 10.5 Å². The van der Waals surface area contributed by atoms with Crippen molar-refractivity contribution in [2.24, 2.45) is 9.98 Å². The number of nitrogens with zero attached hydrogens (tertiary/aromatic N) is 4. The van der Waals surface area contributed by atoms with Crippen molar-refractivity contribution >= 4 is 22.8 Å². The first-order chi connectivity index (χ1) is 19.6. The van der Waals surface area contributed by atoms with E-state index >= 15 is 0 Å². The van der Waals surface area contributed by atoms with E-state index in [1.807, 2.05) is 24.3 Å². The Morgan fingerprint density at radius 1 is 0.558 bits per heavy atom. The van der Waals surface area contributed by atoms with Gasteiger partial charge in [-0.1, -0.05) is 106 Å². The van der Waals surface area contributed by atoms with Crippen LogP contribution in [0.3, 0.4) is 0 Å². The molecule has 2 aromatic carbocycles. The van der Waals surface area contributed by atoms with Gasteiger partial charge in [0.25, 0.3) is 0 Å². The molecule has 7 heteroatoms. The summed E-state index contributed by atoms with van der Waals surface area (Å²) < 4.78 is 0. The maximum absolute atomic E-state index is 11.5. The standard InChI is InChI=1S/2C18H24N2O.Ni/c2*1-11(2)15-8-7-9-16(12(3)4)18(15)20-13(5)17(10-19)14(6)21;/h2*7-9,11-12,21H,1-6H3;/q;;+2/p-2/b2*17-14-,20-13?;. The molecule has 6 nitrogen and oxygen atoms in total. The third-order valence-electron chi connectivity index (χ3n) is 6.90. The zero-order chi connectivity index (χ0) is 32.3. The number of allylic oxidation sites excluding steroid dienone is 4. The molecule has 2 rings (SSSR count). The van der Waals surface area contributed by atoms with Crippen LogP contribution in [-0.2, 0) is 16.5 Å². The minimum absolute atomic E-state index is 0. The quantitative estimate of drug-likeness (QED) is 0.127. The van der Waals surface area contributed by atoms with Crippen molar-refractivity contribution in [3.8, 4) is 12.1 Å². The molecule has 0 spiro atoms. The van der Waals surface area contributed by atoms with Crippen molar-refractivity contribution in [1.29, 1.82) is 10.5 Å². The molecule has 0 saturated heterocycles. The number of hydrogen-bond acceptors (Lipinski definition) is 6. The Kier molecular flexibility index (Phi) is 16.6. The fourth-order valence-corrected chi connectivity index (χ4v) is 4.56. The second-order valence-corrected chi connectivity index (χ2v) is 11.7. The molecular formula is C36H46N4NiO2. The predicted molar refractivity (Wildman–Crippen MR) is 171 cm³/mol. The SMILES string of the molecule is CC(=Nc1c(C(C)C)cccc1C(C)C)/C(C#N)=C(/C)[O-].CC(=Nc1c(C(C)C)cccc1C(C)C)/C(C#N)=C(/C)[O-].[Ni+2]. The maximum Gasteiger partial charge on any atom is 2.00 e. The number of benzene rings is 2. The van der Waals surface area contributed by atoms with Gasteiger partial charge in [0.2, 0.25) is 0 Å². The van der Waals surface area contributed by atoms with E-state index in [0.717, 1.165) is 33.6 Å². The van der Waals surface area contributed by atoms with E-state index in [2.05, 4.69) is 89.6 Å². The van der Waals surface area contributed by atoms with Crippen LogP contribution in [0.5, 0.6) is 0 Å². The molecule has 0 aromatic heterocycles. The molecule has 0 fully saturated rings. The number of hydrogen-bond donors (Lipinski definition) is 0. The molecule has 0 atom stereocenters. The molecule has 0 aliphatic rings. The van der Waals surface area contributed by atoms with Gasteiger partial charge in [-0.2, -0.15) is 10.5 Å². The Bertz CT molecular complexity index is 1290. The third kappa shape index (κ3) is 10.8. The Labute approximate surface area is 269 Å². The average molecular weight is 625 g/mol. The van der Waals surface area contributed by atoms with Crippen LogP contribution in [0, 0.1) is 22.7 Å². The summed E-state index contributed by atoms with van der Waals surface area (Å²) in [5, 5.41) is 41.2. The van der Waals surface area contributed by atoms with Crippen molar-refractivity contribution in [1.82, 2.24) is 0 Å². The largest absolute Gasteiger partial charge is 2.00 e. The van der Waals surface area contributed by atoms with Gasteiger partial charge >= 0.3 is 16.5 Å². The Balaban J connectivity index is 0.000000802. The molecule has 2 aromatic rings. The van der Waals surface area contributed by atoms with Crippen molar-refractivity contribution in [2.45, 2.75) is 107 Å². The fourth-order valence-electron chi connectivity index (χ4n) is 4.56. The van der Waals surface area contributed by atoms with Gasteiger partial charge in [0, 0.05) is 0 Å². The molecule has 0 N–H and O–H groups in total. The zero-order valence-corrected chi connectivity index (χ0v) is 28.7. The monoisotopic (exact) mass is 624 g/mol. The first-order valence-electron chi connectivity index (χ1n) is 14.5. The normalized spacial score (nSPS) is 13.1. The molecule has 0 heterocycles. The van der Waals surface area contributed by atoms with Gasteiger partial charge in [-0.25, -0.2) is 0 Å². The Morgan fingerprint density at radius 2 is 0.791 bits per heavy atom. The van der Waals surface area contributed by atoms with Crippen LogP contribution in [0.4, 0.5) is 11.4 Å². The molecule has 0 aliphatic carbocycles. The summed E-state index contributed by atoms with van der Waals surface area (Å²) in [6.07, 6.45) is 0. The van der Waals surface area contributed by atoms with Crippen molar-refractivity contribution in [2.75, 3.05) is 0 Å². The predicted octanol–water partition coefficient (Wildman–Crippen LogP) is 8.36. The molecule has 232 valence electrons. The Hall–Kier alpha value is -3.67. The van der Waals surface area contributed by atoms with Gasteiger partial charge in [-0.05, 0) is 59.8 Å². The van der Waals surface area contributed by atoms with Crippen LogP contribution in [0.1, 0.15) is 129 Å². The molecule has 0 unspecified atom stereocenters. The zero-order valence-electron chi connectivity index (χ0n) is 27.7. The topological polar surface area (TPSA) is 118 Å². The molecule has 0 bridgehead atoms. The van der Waals surface area contributed by atoms with Crippen molar-refractivity contribution < 1.29 is 26.7 Å².